The van der Waals surface area contributed by atoms with E-state index in [1.165, 1.54) is 25.7 Å². The molecule has 0 aliphatic heterocycles. The van der Waals surface area contributed by atoms with E-state index in [1.807, 2.05) is 0 Å². The van der Waals surface area contributed by atoms with Crippen molar-refractivity contribution < 1.29 is 4.79 Å². The molecule has 0 unspecified atom stereocenters. The lowest BCUT2D eigenvalue weighted by Gasteiger charge is -2.31. The van der Waals surface area contributed by atoms with Crippen LogP contribution in [0, 0.1) is 23.2 Å². The third-order valence-corrected chi connectivity index (χ3v) is 5.44. The summed E-state index contributed by atoms with van der Waals surface area (Å²) in [6.07, 6.45) is 5.51. The van der Waals surface area contributed by atoms with Gasteiger partial charge >= 0.3 is 6.03 Å². The summed E-state index contributed by atoms with van der Waals surface area (Å²) in [4.78, 5) is 12.1. The van der Waals surface area contributed by atoms with Crippen molar-refractivity contribution in [2.24, 2.45) is 23.2 Å². The standard InChI is InChI=1S/C16H30N2O/c1-10(14-9-12-6-7-13(14)8-12)17-15(19)18-11(2)16(3,4)5/h10-14H,6-9H2,1-5H3,(H2,17,18,19)/t10-,11+,12-,13-,14-/m0/s1. The molecule has 0 aromatic carbocycles. The van der Waals surface area contributed by atoms with Gasteiger partial charge in [-0.1, -0.05) is 27.2 Å². The molecule has 2 N–H and O–H groups in total. The highest BCUT2D eigenvalue weighted by atomic mass is 16.2. The van der Waals surface area contributed by atoms with E-state index in [0.29, 0.717) is 12.0 Å². The van der Waals surface area contributed by atoms with Crippen LogP contribution in [0.3, 0.4) is 0 Å². The third-order valence-electron chi connectivity index (χ3n) is 5.44. The van der Waals surface area contributed by atoms with Gasteiger partial charge in [0, 0.05) is 12.1 Å². The molecule has 0 aromatic rings. The highest BCUT2D eigenvalue weighted by Gasteiger charge is 2.42. The quantitative estimate of drug-likeness (QED) is 0.806. The van der Waals surface area contributed by atoms with Gasteiger partial charge in [0.15, 0.2) is 0 Å². The molecule has 5 atom stereocenters. The molecule has 2 saturated carbocycles. The fourth-order valence-corrected chi connectivity index (χ4v) is 3.67. The fraction of sp³-hybridized carbons (Fsp3) is 0.938. The van der Waals surface area contributed by atoms with Crippen LogP contribution in [0.5, 0.6) is 0 Å². The number of hydrogen-bond donors (Lipinski definition) is 2. The second-order valence-electron chi connectivity index (χ2n) is 7.83. The number of urea groups is 1. The molecule has 3 heteroatoms. The number of carbonyl (C=O) groups excluding carboxylic acids is 1. The van der Waals surface area contributed by atoms with Crippen molar-refractivity contribution in [1.82, 2.24) is 10.6 Å². The molecule has 110 valence electrons. The molecule has 2 rings (SSSR count). The summed E-state index contributed by atoms with van der Waals surface area (Å²) in [5.74, 6) is 2.51. The van der Waals surface area contributed by atoms with Crippen molar-refractivity contribution in [3.63, 3.8) is 0 Å². The zero-order valence-electron chi connectivity index (χ0n) is 13.1. The first-order valence-corrected chi connectivity index (χ1v) is 7.84. The van der Waals surface area contributed by atoms with Gasteiger partial charge in [0.2, 0.25) is 0 Å². The van der Waals surface area contributed by atoms with E-state index in [-0.39, 0.29) is 17.5 Å². The van der Waals surface area contributed by atoms with Gasteiger partial charge in [0.25, 0.3) is 0 Å². The Kier molecular flexibility index (Phi) is 4.12. The minimum absolute atomic E-state index is 0.00213. The molecule has 2 aliphatic rings. The molecule has 2 aliphatic carbocycles. The van der Waals surface area contributed by atoms with Gasteiger partial charge in [-0.25, -0.2) is 4.79 Å². The number of amides is 2. The lowest BCUT2D eigenvalue weighted by atomic mass is 9.84. The van der Waals surface area contributed by atoms with E-state index < -0.39 is 0 Å². The Morgan fingerprint density at radius 1 is 1.11 bits per heavy atom. The van der Waals surface area contributed by atoms with E-state index in [0.717, 1.165) is 11.8 Å². The lowest BCUT2D eigenvalue weighted by molar-refractivity contribution is 0.206. The van der Waals surface area contributed by atoms with E-state index in [9.17, 15) is 4.79 Å². The molecule has 0 saturated heterocycles. The number of nitrogens with one attached hydrogen (secondary N) is 2. The Labute approximate surface area is 117 Å². The maximum Gasteiger partial charge on any atom is 0.315 e. The van der Waals surface area contributed by atoms with Crippen molar-refractivity contribution in [1.29, 1.82) is 0 Å². The second-order valence-corrected chi connectivity index (χ2v) is 7.83. The Morgan fingerprint density at radius 2 is 1.79 bits per heavy atom. The number of fused-ring (bicyclic) bond motifs is 2. The van der Waals surface area contributed by atoms with Gasteiger partial charge in [-0.3, -0.25) is 0 Å². The summed E-state index contributed by atoms with van der Waals surface area (Å²) >= 11 is 0. The molecule has 0 aromatic heterocycles. The monoisotopic (exact) mass is 266 g/mol. The van der Waals surface area contributed by atoms with E-state index in [4.69, 9.17) is 0 Å². The first-order chi connectivity index (χ1) is 8.77. The van der Waals surface area contributed by atoms with Crippen LogP contribution in [0.1, 0.15) is 60.3 Å². The van der Waals surface area contributed by atoms with Crippen LogP contribution < -0.4 is 10.6 Å². The highest BCUT2D eigenvalue weighted by Crippen LogP contribution is 2.49. The molecule has 2 bridgehead atoms. The number of rotatable bonds is 3. The summed E-state index contributed by atoms with van der Waals surface area (Å²) in [7, 11) is 0. The Bertz CT molecular complexity index is 334. The largest absolute Gasteiger partial charge is 0.335 e. The molecule has 2 fully saturated rings. The Morgan fingerprint density at radius 3 is 2.26 bits per heavy atom. The predicted octanol–water partition coefficient (Wildman–Crippen LogP) is 3.54. The van der Waals surface area contributed by atoms with Gasteiger partial charge < -0.3 is 10.6 Å². The minimum atomic E-state index is -0.00213. The average molecular weight is 266 g/mol. The van der Waals surface area contributed by atoms with Gasteiger partial charge in [-0.05, 0) is 56.3 Å². The van der Waals surface area contributed by atoms with Crippen molar-refractivity contribution in [3.05, 3.63) is 0 Å². The second kappa shape index (κ2) is 5.34. The Balaban J connectivity index is 1.79. The molecule has 0 radical (unpaired) electrons. The normalized spacial score (nSPS) is 33.0. The topological polar surface area (TPSA) is 41.1 Å². The fourth-order valence-electron chi connectivity index (χ4n) is 3.67. The van der Waals surface area contributed by atoms with Gasteiger partial charge in [-0.2, -0.15) is 0 Å². The van der Waals surface area contributed by atoms with Crippen LogP contribution in [-0.2, 0) is 0 Å². The zero-order valence-corrected chi connectivity index (χ0v) is 13.1. The smallest absolute Gasteiger partial charge is 0.315 e. The van der Waals surface area contributed by atoms with Gasteiger partial charge in [0.05, 0.1) is 0 Å². The van der Waals surface area contributed by atoms with Crippen LogP contribution in [0.25, 0.3) is 0 Å². The average Bonchev–Trinajstić information content (AvgIpc) is 2.88. The van der Waals surface area contributed by atoms with Crippen LogP contribution in [0.15, 0.2) is 0 Å². The summed E-state index contributed by atoms with van der Waals surface area (Å²) in [5.41, 5.74) is 0.104. The van der Waals surface area contributed by atoms with Crippen LogP contribution in [-0.4, -0.2) is 18.1 Å². The van der Waals surface area contributed by atoms with E-state index in [1.54, 1.807) is 0 Å². The predicted molar refractivity (Wildman–Crippen MR) is 79.0 cm³/mol. The molecular weight excluding hydrogens is 236 g/mol. The van der Waals surface area contributed by atoms with Gasteiger partial charge in [0.1, 0.15) is 0 Å². The summed E-state index contributed by atoms with van der Waals surface area (Å²) in [6, 6.07) is 0.486. The zero-order chi connectivity index (χ0) is 14.2. The maximum absolute atomic E-state index is 12.1. The van der Waals surface area contributed by atoms with Crippen molar-refractivity contribution in [2.45, 2.75) is 72.4 Å². The first kappa shape index (κ1) is 14.7. The van der Waals surface area contributed by atoms with Crippen molar-refractivity contribution >= 4 is 6.03 Å². The number of hydrogen-bond acceptors (Lipinski definition) is 1. The maximum atomic E-state index is 12.1. The minimum Gasteiger partial charge on any atom is -0.335 e. The molecule has 19 heavy (non-hydrogen) atoms. The molecule has 0 spiro atoms. The van der Waals surface area contributed by atoms with Gasteiger partial charge in [-0.15, -0.1) is 0 Å². The van der Waals surface area contributed by atoms with Crippen molar-refractivity contribution in [2.75, 3.05) is 0 Å². The lowest BCUT2D eigenvalue weighted by Crippen LogP contribution is -2.50. The summed E-state index contributed by atoms with van der Waals surface area (Å²) in [6.45, 7) is 10.7. The molecule has 2 amide bonds. The Hall–Kier alpha value is -0.730. The van der Waals surface area contributed by atoms with Crippen molar-refractivity contribution in [3.8, 4) is 0 Å². The molecular formula is C16H30N2O. The van der Waals surface area contributed by atoms with Crippen LogP contribution in [0.4, 0.5) is 4.79 Å². The first-order valence-electron chi connectivity index (χ1n) is 7.84. The van der Waals surface area contributed by atoms with E-state index in [2.05, 4.69) is 45.3 Å². The SMILES string of the molecule is C[C@H](NC(=O)N[C@H](C)C(C)(C)C)[C@@H]1C[C@H]2CC[C@H]1C2. The number of carbonyl (C=O) groups is 1. The highest BCUT2D eigenvalue weighted by molar-refractivity contribution is 5.74. The molecule has 3 nitrogen and oxygen atoms in total. The van der Waals surface area contributed by atoms with Crippen LogP contribution in [0.2, 0.25) is 0 Å². The van der Waals surface area contributed by atoms with E-state index >= 15 is 0 Å². The summed E-state index contributed by atoms with van der Waals surface area (Å²) < 4.78 is 0. The third kappa shape index (κ3) is 3.43. The summed E-state index contributed by atoms with van der Waals surface area (Å²) in [5, 5.41) is 6.23. The van der Waals surface area contributed by atoms with Crippen LogP contribution >= 0.6 is 0 Å². The molecule has 0 heterocycles.